The van der Waals surface area contributed by atoms with Crippen LogP contribution in [0.5, 0.6) is 0 Å². The highest BCUT2D eigenvalue weighted by atomic mass is 19.4. The highest BCUT2D eigenvalue weighted by Crippen LogP contribution is 2.37. The summed E-state index contributed by atoms with van der Waals surface area (Å²) >= 11 is 0. The van der Waals surface area contributed by atoms with Gasteiger partial charge >= 0.3 is 6.18 Å². The van der Waals surface area contributed by atoms with Gasteiger partial charge in [0, 0.05) is 13.1 Å². The van der Waals surface area contributed by atoms with Crippen LogP contribution >= 0.6 is 0 Å². The summed E-state index contributed by atoms with van der Waals surface area (Å²) < 4.78 is 40.3. The van der Waals surface area contributed by atoms with Gasteiger partial charge in [0.25, 0.3) is 5.56 Å². The molecule has 6 nitrogen and oxygen atoms in total. The molecule has 0 radical (unpaired) electrons. The van der Waals surface area contributed by atoms with Crippen LogP contribution in [0.4, 0.5) is 19.0 Å². The number of anilines is 1. The number of benzene rings is 1. The van der Waals surface area contributed by atoms with Crippen LogP contribution in [0.15, 0.2) is 41.2 Å². The molecule has 3 heterocycles. The van der Waals surface area contributed by atoms with Crippen molar-refractivity contribution in [1.82, 2.24) is 19.7 Å². The molecule has 0 N–H and O–H groups in total. The van der Waals surface area contributed by atoms with Crippen molar-refractivity contribution in [1.29, 1.82) is 0 Å². The molecule has 30 heavy (non-hydrogen) atoms. The Morgan fingerprint density at radius 1 is 1.03 bits per heavy atom. The molecule has 2 aromatic heterocycles. The molecule has 0 bridgehead atoms. The molecule has 1 aromatic carbocycles. The smallest absolute Gasteiger partial charge is 0.345 e. The quantitative estimate of drug-likeness (QED) is 0.646. The topological polar surface area (TPSA) is 63.9 Å². The number of alkyl halides is 3. The first-order valence-corrected chi connectivity index (χ1v) is 10.1. The third kappa shape index (κ3) is 3.42. The molecule has 5 rings (SSSR count). The number of aromatic nitrogens is 4. The Morgan fingerprint density at radius 3 is 2.53 bits per heavy atom. The number of hydrogen-bond acceptors (Lipinski definition) is 5. The van der Waals surface area contributed by atoms with Gasteiger partial charge in [-0.15, -0.1) is 10.2 Å². The Bertz CT molecular complexity index is 1140. The van der Waals surface area contributed by atoms with Crippen LogP contribution in [0.2, 0.25) is 0 Å². The molecule has 1 unspecified atom stereocenters. The van der Waals surface area contributed by atoms with Crippen molar-refractivity contribution in [2.24, 2.45) is 5.92 Å². The van der Waals surface area contributed by atoms with Gasteiger partial charge in [0.1, 0.15) is 5.82 Å². The molecular formula is C21H20F3N5O. The van der Waals surface area contributed by atoms with Gasteiger partial charge in [0.15, 0.2) is 11.5 Å². The molecule has 1 atom stereocenters. The fourth-order valence-corrected chi connectivity index (χ4v) is 4.11. The zero-order valence-electron chi connectivity index (χ0n) is 16.1. The lowest BCUT2D eigenvalue weighted by Gasteiger charge is -2.27. The van der Waals surface area contributed by atoms with Crippen molar-refractivity contribution in [3.63, 3.8) is 0 Å². The normalized spacial score (nSPS) is 19.6. The molecule has 1 aliphatic heterocycles. The summed E-state index contributed by atoms with van der Waals surface area (Å²) in [5.74, 6) is 1.50. The fraction of sp³-hybridized carbons (Fsp3) is 0.429. The van der Waals surface area contributed by atoms with Gasteiger partial charge in [0.2, 0.25) is 0 Å². The lowest BCUT2D eigenvalue weighted by atomic mass is 10.1. The standard InChI is InChI=1S/C21H20F3N5O/c22-21(23,24)17-9-10-18(27-26-17)28-11-3-6-16(28)19-25-15-5-2-1-4-14(15)20(30)29(19)12-13-7-8-13/h1-2,4-5,9-10,13,16H,3,6-8,11-12H2. The summed E-state index contributed by atoms with van der Waals surface area (Å²) in [6, 6.07) is 9.34. The Hall–Kier alpha value is -2.97. The SMILES string of the molecule is O=c1c2ccccc2nc(C2CCCN2c2ccc(C(F)(F)F)nn2)n1CC1CC1. The van der Waals surface area contributed by atoms with Gasteiger partial charge in [-0.25, -0.2) is 4.98 Å². The largest absolute Gasteiger partial charge is 0.435 e. The fourth-order valence-electron chi connectivity index (χ4n) is 4.11. The second-order valence-corrected chi connectivity index (χ2v) is 7.97. The van der Waals surface area contributed by atoms with E-state index in [0.717, 1.165) is 31.7 Å². The first-order valence-electron chi connectivity index (χ1n) is 10.1. The summed E-state index contributed by atoms with van der Waals surface area (Å²) in [6.45, 7) is 1.24. The summed E-state index contributed by atoms with van der Waals surface area (Å²) in [6.07, 6.45) is -0.757. The molecule has 2 aliphatic rings. The third-order valence-electron chi connectivity index (χ3n) is 5.81. The maximum absolute atomic E-state index is 13.2. The number of rotatable bonds is 4. The lowest BCUT2D eigenvalue weighted by molar-refractivity contribution is -0.141. The molecule has 9 heteroatoms. The van der Waals surface area contributed by atoms with E-state index in [0.29, 0.717) is 41.6 Å². The van der Waals surface area contributed by atoms with E-state index in [1.807, 2.05) is 23.1 Å². The predicted octanol–water partition coefficient (Wildman–Crippen LogP) is 3.96. The third-order valence-corrected chi connectivity index (χ3v) is 5.81. The van der Waals surface area contributed by atoms with E-state index in [9.17, 15) is 18.0 Å². The Balaban J connectivity index is 1.57. The van der Waals surface area contributed by atoms with Crippen molar-refractivity contribution in [3.05, 3.63) is 58.3 Å². The summed E-state index contributed by atoms with van der Waals surface area (Å²) in [5, 5.41) is 7.78. The average molecular weight is 415 g/mol. The predicted molar refractivity (Wildman–Crippen MR) is 105 cm³/mol. The van der Waals surface area contributed by atoms with Crippen LogP contribution in [0.3, 0.4) is 0 Å². The van der Waals surface area contributed by atoms with E-state index in [1.165, 1.54) is 6.07 Å². The minimum atomic E-state index is -4.53. The summed E-state index contributed by atoms with van der Waals surface area (Å²) in [7, 11) is 0. The lowest BCUT2D eigenvalue weighted by Crippen LogP contribution is -2.33. The molecule has 0 spiro atoms. The number of hydrogen-bond donors (Lipinski definition) is 0. The maximum Gasteiger partial charge on any atom is 0.435 e. The van der Waals surface area contributed by atoms with E-state index < -0.39 is 11.9 Å². The first kappa shape index (κ1) is 19.0. The number of nitrogens with zero attached hydrogens (tertiary/aromatic N) is 5. The molecule has 0 amide bonds. The second kappa shape index (κ2) is 7.07. The number of halogens is 3. The van der Waals surface area contributed by atoms with Crippen molar-refractivity contribution in [2.75, 3.05) is 11.4 Å². The minimum absolute atomic E-state index is 0.0622. The van der Waals surface area contributed by atoms with Crippen LogP contribution in [0.25, 0.3) is 10.9 Å². The van der Waals surface area contributed by atoms with Crippen LogP contribution in [-0.4, -0.2) is 26.3 Å². The molecule has 3 aromatic rings. The van der Waals surface area contributed by atoms with Crippen molar-refractivity contribution in [3.8, 4) is 0 Å². The summed E-state index contributed by atoms with van der Waals surface area (Å²) in [5.41, 5.74) is -0.445. The van der Waals surface area contributed by atoms with Gasteiger partial charge in [-0.3, -0.25) is 9.36 Å². The van der Waals surface area contributed by atoms with Crippen molar-refractivity contribution < 1.29 is 13.2 Å². The Kier molecular flexibility index (Phi) is 4.48. The number of para-hydroxylation sites is 1. The van der Waals surface area contributed by atoms with E-state index in [-0.39, 0.29) is 11.6 Å². The van der Waals surface area contributed by atoms with Gasteiger partial charge in [0.05, 0.1) is 16.9 Å². The molecular weight excluding hydrogens is 395 g/mol. The van der Waals surface area contributed by atoms with Crippen LogP contribution < -0.4 is 10.5 Å². The van der Waals surface area contributed by atoms with Crippen molar-refractivity contribution in [2.45, 2.75) is 44.4 Å². The van der Waals surface area contributed by atoms with Gasteiger partial charge in [-0.05, 0) is 55.9 Å². The Labute approximate surface area is 170 Å². The van der Waals surface area contributed by atoms with E-state index in [4.69, 9.17) is 4.98 Å². The monoisotopic (exact) mass is 415 g/mol. The van der Waals surface area contributed by atoms with Gasteiger partial charge in [-0.1, -0.05) is 12.1 Å². The van der Waals surface area contributed by atoms with Crippen LogP contribution in [-0.2, 0) is 12.7 Å². The highest BCUT2D eigenvalue weighted by Gasteiger charge is 2.36. The molecule has 156 valence electrons. The molecule has 1 saturated carbocycles. The zero-order chi connectivity index (χ0) is 20.9. The summed E-state index contributed by atoms with van der Waals surface area (Å²) in [4.78, 5) is 20.0. The minimum Gasteiger partial charge on any atom is -0.345 e. The molecule has 1 saturated heterocycles. The van der Waals surface area contributed by atoms with E-state index in [2.05, 4.69) is 10.2 Å². The van der Waals surface area contributed by atoms with E-state index in [1.54, 1.807) is 10.6 Å². The Morgan fingerprint density at radius 2 is 1.83 bits per heavy atom. The first-order chi connectivity index (χ1) is 14.4. The molecule has 1 aliphatic carbocycles. The van der Waals surface area contributed by atoms with Crippen LogP contribution in [0.1, 0.15) is 43.2 Å². The van der Waals surface area contributed by atoms with Crippen molar-refractivity contribution >= 4 is 16.7 Å². The second-order valence-electron chi connectivity index (χ2n) is 7.97. The maximum atomic E-state index is 13.2. The molecule has 2 fully saturated rings. The zero-order valence-corrected chi connectivity index (χ0v) is 16.1. The van der Waals surface area contributed by atoms with Gasteiger partial charge < -0.3 is 4.90 Å². The van der Waals surface area contributed by atoms with E-state index >= 15 is 0 Å². The number of fused-ring (bicyclic) bond motifs is 1. The van der Waals surface area contributed by atoms with Crippen LogP contribution in [0, 0.1) is 5.92 Å². The average Bonchev–Trinajstić information content (AvgIpc) is 3.42. The highest BCUT2D eigenvalue weighted by molar-refractivity contribution is 5.77. The van der Waals surface area contributed by atoms with Gasteiger partial charge in [-0.2, -0.15) is 13.2 Å².